The minimum Gasteiger partial charge on any atom is -0.324 e. The van der Waals surface area contributed by atoms with Gasteiger partial charge in [-0.25, -0.2) is 0 Å². The van der Waals surface area contributed by atoms with E-state index in [1.807, 2.05) is 24.1 Å². The van der Waals surface area contributed by atoms with Crippen molar-refractivity contribution in [2.24, 2.45) is 0 Å². The number of hydrogen-bond donors (Lipinski definition) is 1. The first-order valence-electron chi connectivity index (χ1n) is 6.94. The summed E-state index contributed by atoms with van der Waals surface area (Å²) in [5.41, 5.74) is 1.83. The van der Waals surface area contributed by atoms with Crippen molar-refractivity contribution in [3.8, 4) is 0 Å². The topological polar surface area (TPSA) is 32.3 Å². The van der Waals surface area contributed by atoms with Gasteiger partial charge in [-0.15, -0.1) is 11.8 Å². The fourth-order valence-electron chi connectivity index (χ4n) is 2.10. The lowest BCUT2D eigenvalue weighted by Crippen LogP contribution is -2.29. The normalized spacial score (nSPS) is 10.7. The van der Waals surface area contributed by atoms with Crippen LogP contribution in [0.5, 0.6) is 0 Å². The minimum absolute atomic E-state index is 0.0728. The third-order valence-corrected chi connectivity index (χ3v) is 4.25. The van der Waals surface area contributed by atoms with Crippen LogP contribution in [-0.2, 0) is 11.3 Å². The Bertz CT molecular complexity index is 631. The highest BCUT2D eigenvalue weighted by molar-refractivity contribution is 7.98. The van der Waals surface area contributed by atoms with Crippen LogP contribution in [0.1, 0.15) is 5.56 Å². The number of carbonyl (C=O) groups is 1. The second-order valence-corrected chi connectivity index (χ2v) is 6.34. The van der Waals surface area contributed by atoms with Gasteiger partial charge in [-0.1, -0.05) is 35.9 Å². The third-order valence-electron chi connectivity index (χ3n) is 3.17. The van der Waals surface area contributed by atoms with Crippen molar-refractivity contribution in [3.63, 3.8) is 0 Å². The summed E-state index contributed by atoms with van der Waals surface area (Å²) in [6.45, 7) is 1.04. The Balaban J connectivity index is 1.87. The summed E-state index contributed by atoms with van der Waals surface area (Å²) in [6, 6.07) is 15.6. The van der Waals surface area contributed by atoms with E-state index >= 15 is 0 Å². The van der Waals surface area contributed by atoms with Gasteiger partial charge in [0.05, 0.1) is 17.3 Å². The van der Waals surface area contributed by atoms with Crippen LogP contribution in [0.25, 0.3) is 0 Å². The first kappa shape index (κ1) is 16.9. The quantitative estimate of drug-likeness (QED) is 0.806. The lowest BCUT2D eigenvalue weighted by molar-refractivity contribution is -0.117. The molecule has 2 aromatic rings. The zero-order chi connectivity index (χ0) is 15.9. The summed E-state index contributed by atoms with van der Waals surface area (Å²) in [7, 11) is 1.93. The first-order chi connectivity index (χ1) is 10.6. The highest BCUT2D eigenvalue weighted by atomic mass is 35.5. The van der Waals surface area contributed by atoms with E-state index in [2.05, 4.69) is 35.8 Å². The van der Waals surface area contributed by atoms with E-state index in [0.717, 1.165) is 6.54 Å². The van der Waals surface area contributed by atoms with Crippen LogP contribution in [0, 0.1) is 0 Å². The Morgan fingerprint density at radius 3 is 2.50 bits per heavy atom. The van der Waals surface area contributed by atoms with Crippen LogP contribution < -0.4 is 5.32 Å². The standard InChI is InChI=1S/C17H19ClN2OS/c1-20(11-13-7-9-14(22-2)10-8-13)12-17(21)19-16-6-4-3-5-15(16)18/h3-10H,11-12H2,1-2H3,(H,19,21). The number of rotatable bonds is 6. The van der Waals surface area contributed by atoms with Gasteiger partial charge < -0.3 is 5.32 Å². The number of benzene rings is 2. The summed E-state index contributed by atoms with van der Waals surface area (Å²) in [5.74, 6) is -0.0728. The SMILES string of the molecule is CSc1ccc(CN(C)CC(=O)Nc2ccccc2Cl)cc1. The molecule has 0 aromatic heterocycles. The van der Waals surface area contributed by atoms with E-state index in [0.29, 0.717) is 17.3 Å². The number of nitrogens with zero attached hydrogens (tertiary/aromatic N) is 1. The van der Waals surface area contributed by atoms with Crippen molar-refractivity contribution in [2.45, 2.75) is 11.4 Å². The van der Waals surface area contributed by atoms with E-state index in [4.69, 9.17) is 11.6 Å². The molecule has 1 amide bonds. The number of hydrogen-bond acceptors (Lipinski definition) is 3. The number of carbonyl (C=O) groups excluding carboxylic acids is 1. The zero-order valence-electron chi connectivity index (χ0n) is 12.7. The van der Waals surface area contributed by atoms with E-state index < -0.39 is 0 Å². The highest BCUT2D eigenvalue weighted by Crippen LogP contribution is 2.20. The molecule has 0 atom stereocenters. The average molecular weight is 335 g/mol. The smallest absolute Gasteiger partial charge is 0.238 e. The summed E-state index contributed by atoms with van der Waals surface area (Å²) >= 11 is 7.75. The van der Waals surface area contributed by atoms with E-state index in [1.54, 1.807) is 23.9 Å². The lowest BCUT2D eigenvalue weighted by atomic mass is 10.2. The fourth-order valence-corrected chi connectivity index (χ4v) is 2.69. The molecule has 0 fully saturated rings. The zero-order valence-corrected chi connectivity index (χ0v) is 14.2. The molecule has 0 saturated carbocycles. The predicted molar refractivity (Wildman–Crippen MR) is 94.6 cm³/mol. The van der Waals surface area contributed by atoms with Gasteiger partial charge in [-0.2, -0.15) is 0 Å². The minimum atomic E-state index is -0.0728. The summed E-state index contributed by atoms with van der Waals surface area (Å²) in [4.78, 5) is 15.3. The number of halogens is 1. The van der Waals surface area contributed by atoms with Crippen molar-refractivity contribution < 1.29 is 4.79 Å². The Morgan fingerprint density at radius 1 is 1.18 bits per heavy atom. The number of anilines is 1. The molecule has 0 radical (unpaired) electrons. The molecule has 5 heteroatoms. The van der Waals surface area contributed by atoms with Crippen LogP contribution in [0.4, 0.5) is 5.69 Å². The van der Waals surface area contributed by atoms with Gasteiger partial charge in [0.25, 0.3) is 0 Å². The van der Waals surface area contributed by atoms with E-state index in [1.165, 1.54) is 10.5 Å². The summed E-state index contributed by atoms with van der Waals surface area (Å²) in [6.07, 6.45) is 2.06. The van der Waals surface area contributed by atoms with Crippen LogP contribution >= 0.6 is 23.4 Å². The number of thioether (sulfide) groups is 1. The van der Waals surface area contributed by atoms with Crippen LogP contribution in [0.15, 0.2) is 53.4 Å². The molecule has 0 saturated heterocycles. The van der Waals surface area contributed by atoms with Crippen LogP contribution in [0.2, 0.25) is 5.02 Å². The highest BCUT2D eigenvalue weighted by Gasteiger charge is 2.09. The molecule has 0 heterocycles. The molecule has 0 unspecified atom stereocenters. The van der Waals surface area contributed by atoms with Crippen molar-refractivity contribution >= 4 is 35.0 Å². The molecular weight excluding hydrogens is 316 g/mol. The van der Waals surface area contributed by atoms with Crippen molar-refractivity contribution in [1.29, 1.82) is 0 Å². The Hall–Kier alpha value is -1.49. The largest absolute Gasteiger partial charge is 0.324 e. The lowest BCUT2D eigenvalue weighted by Gasteiger charge is -2.17. The number of amides is 1. The van der Waals surface area contributed by atoms with Gasteiger partial charge in [0, 0.05) is 11.4 Å². The van der Waals surface area contributed by atoms with Gasteiger partial charge in [-0.3, -0.25) is 9.69 Å². The molecule has 22 heavy (non-hydrogen) atoms. The third kappa shape index (κ3) is 5.05. The van der Waals surface area contributed by atoms with Crippen LogP contribution in [-0.4, -0.2) is 30.7 Å². The number of nitrogens with one attached hydrogen (secondary N) is 1. The fraction of sp³-hybridized carbons (Fsp3) is 0.235. The molecule has 116 valence electrons. The summed E-state index contributed by atoms with van der Waals surface area (Å²) in [5, 5.41) is 3.38. The van der Waals surface area contributed by atoms with Gasteiger partial charge >= 0.3 is 0 Å². The van der Waals surface area contributed by atoms with E-state index in [-0.39, 0.29) is 5.91 Å². The Morgan fingerprint density at radius 2 is 1.86 bits per heavy atom. The Kier molecular flexibility index (Phi) is 6.31. The summed E-state index contributed by atoms with van der Waals surface area (Å²) < 4.78 is 0. The van der Waals surface area contributed by atoms with Gasteiger partial charge in [0.15, 0.2) is 0 Å². The van der Waals surface area contributed by atoms with Crippen molar-refractivity contribution in [3.05, 3.63) is 59.1 Å². The van der Waals surface area contributed by atoms with Crippen molar-refractivity contribution in [2.75, 3.05) is 25.2 Å². The molecule has 0 spiro atoms. The van der Waals surface area contributed by atoms with Gasteiger partial charge in [0.1, 0.15) is 0 Å². The molecule has 0 aliphatic carbocycles. The molecule has 0 bridgehead atoms. The predicted octanol–water partition coefficient (Wildman–Crippen LogP) is 4.13. The molecule has 0 aliphatic heterocycles. The van der Waals surface area contributed by atoms with Crippen LogP contribution in [0.3, 0.4) is 0 Å². The molecule has 2 rings (SSSR count). The van der Waals surface area contributed by atoms with Crippen molar-refractivity contribution in [1.82, 2.24) is 4.90 Å². The maximum absolute atomic E-state index is 12.1. The number of likely N-dealkylation sites (N-methyl/N-ethyl adjacent to an activating group) is 1. The van der Waals surface area contributed by atoms with E-state index in [9.17, 15) is 4.79 Å². The monoisotopic (exact) mass is 334 g/mol. The molecule has 3 nitrogen and oxygen atoms in total. The molecule has 0 aliphatic rings. The average Bonchev–Trinajstić information content (AvgIpc) is 2.50. The maximum atomic E-state index is 12.1. The molecular formula is C17H19ClN2OS. The second kappa shape index (κ2) is 8.22. The number of para-hydroxylation sites is 1. The maximum Gasteiger partial charge on any atom is 0.238 e. The first-order valence-corrected chi connectivity index (χ1v) is 8.54. The Labute approximate surface area is 140 Å². The molecule has 1 N–H and O–H groups in total. The molecule has 2 aromatic carbocycles. The van der Waals surface area contributed by atoms with Gasteiger partial charge in [-0.05, 0) is 43.1 Å². The second-order valence-electron chi connectivity index (χ2n) is 5.05. The van der Waals surface area contributed by atoms with Gasteiger partial charge in [0.2, 0.25) is 5.91 Å².